The van der Waals surface area contributed by atoms with Gasteiger partial charge in [0.15, 0.2) is 0 Å². The third-order valence-corrected chi connectivity index (χ3v) is 5.56. The van der Waals surface area contributed by atoms with Gasteiger partial charge in [-0.1, -0.05) is 44.1 Å². The van der Waals surface area contributed by atoms with Crippen LogP contribution in [0.3, 0.4) is 0 Å². The van der Waals surface area contributed by atoms with Gasteiger partial charge in [0.2, 0.25) is 0 Å². The van der Waals surface area contributed by atoms with Gasteiger partial charge < -0.3 is 4.74 Å². The van der Waals surface area contributed by atoms with Crippen molar-refractivity contribution in [2.24, 2.45) is 11.0 Å². The van der Waals surface area contributed by atoms with Crippen molar-refractivity contribution in [3.63, 3.8) is 0 Å². The molecule has 26 heavy (non-hydrogen) atoms. The summed E-state index contributed by atoms with van der Waals surface area (Å²) in [6.07, 6.45) is 11.1. The van der Waals surface area contributed by atoms with Crippen molar-refractivity contribution in [3.05, 3.63) is 10.4 Å². The zero-order valence-electron chi connectivity index (χ0n) is 16.5. The summed E-state index contributed by atoms with van der Waals surface area (Å²) in [5, 5.41) is 4.15. The Balaban J connectivity index is 2.61. The van der Waals surface area contributed by atoms with Crippen LogP contribution in [0.5, 0.6) is 0 Å². The number of Topliss-reactive ketones (excluding diaryl/α,β-unsaturated/α-hetero) is 1. The number of ketones is 1. The Bertz CT molecular complexity index is 489. The van der Waals surface area contributed by atoms with Crippen LogP contribution in [0.4, 0.5) is 0 Å². The molecule has 0 aliphatic heterocycles. The summed E-state index contributed by atoms with van der Waals surface area (Å²) in [7, 11) is 0. The summed E-state index contributed by atoms with van der Waals surface area (Å²) in [6.45, 7) is 4.32. The standard InChI is InChI=1S/C20H35N3O3/c1-3-5-6-7-11-18(24)13-12-17-10-8-9-15-20(17,22-23-21)16-14-19(25)26-4-2/h17H,3-16H2,1-2H3/t17-,20-/m0/s1. The molecule has 0 unspecified atom stereocenters. The number of ether oxygens (including phenoxy) is 1. The normalized spacial score (nSPS) is 22.5. The average molecular weight is 366 g/mol. The predicted octanol–water partition coefficient (Wildman–Crippen LogP) is 5.89. The lowest BCUT2D eigenvalue weighted by molar-refractivity contribution is -0.143. The van der Waals surface area contributed by atoms with Crippen molar-refractivity contribution >= 4 is 11.8 Å². The second-order valence-corrected chi connectivity index (χ2v) is 7.43. The molecule has 148 valence electrons. The second-order valence-electron chi connectivity index (χ2n) is 7.43. The Kier molecular flexibility index (Phi) is 11.0. The predicted molar refractivity (Wildman–Crippen MR) is 103 cm³/mol. The van der Waals surface area contributed by atoms with Gasteiger partial charge >= 0.3 is 5.97 Å². The summed E-state index contributed by atoms with van der Waals surface area (Å²) in [5.41, 5.74) is 8.55. The van der Waals surface area contributed by atoms with Gasteiger partial charge in [-0.25, -0.2) is 0 Å². The molecule has 6 nitrogen and oxygen atoms in total. The quantitative estimate of drug-likeness (QED) is 0.134. The molecule has 1 aliphatic rings. The molecular weight excluding hydrogens is 330 g/mol. The van der Waals surface area contributed by atoms with E-state index >= 15 is 0 Å². The van der Waals surface area contributed by atoms with E-state index in [1.165, 1.54) is 12.8 Å². The van der Waals surface area contributed by atoms with Crippen LogP contribution in [0.15, 0.2) is 5.11 Å². The van der Waals surface area contributed by atoms with Crippen LogP contribution in [-0.4, -0.2) is 23.9 Å². The molecule has 0 N–H and O–H groups in total. The maximum atomic E-state index is 12.2. The van der Waals surface area contributed by atoms with E-state index in [9.17, 15) is 9.59 Å². The van der Waals surface area contributed by atoms with E-state index in [4.69, 9.17) is 10.3 Å². The van der Waals surface area contributed by atoms with E-state index in [2.05, 4.69) is 16.9 Å². The Hall–Kier alpha value is -1.55. The molecule has 0 aromatic rings. The monoisotopic (exact) mass is 365 g/mol. The highest BCUT2D eigenvalue weighted by Gasteiger charge is 2.40. The second kappa shape index (κ2) is 12.7. The van der Waals surface area contributed by atoms with Crippen molar-refractivity contribution in [2.45, 2.75) is 103 Å². The molecule has 1 aliphatic carbocycles. The van der Waals surface area contributed by atoms with Crippen LogP contribution >= 0.6 is 0 Å². The van der Waals surface area contributed by atoms with Crippen LogP contribution in [-0.2, 0) is 14.3 Å². The lowest BCUT2D eigenvalue weighted by atomic mass is 9.69. The third-order valence-electron chi connectivity index (χ3n) is 5.56. The number of nitrogens with zero attached hydrogens (tertiary/aromatic N) is 3. The van der Waals surface area contributed by atoms with E-state index in [0.29, 0.717) is 31.7 Å². The Morgan fingerprint density at radius 3 is 2.65 bits per heavy atom. The fourth-order valence-corrected chi connectivity index (χ4v) is 4.07. The summed E-state index contributed by atoms with van der Waals surface area (Å²) in [6, 6.07) is 0. The number of rotatable bonds is 13. The molecular formula is C20H35N3O3. The molecule has 0 saturated heterocycles. The van der Waals surface area contributed by atoms with Crippen molar-refractivity contribution in [2.75, 3.05) is 6.61 Å². The van der Waals surface area contributed by atoms with Crippen LogP contribution in [0, 0.1) is 5.92 Å². The SMILES string of the molecule is CCCCCCC(=O)CC[C@@H]1CCCC[C@@]1(CCC(=O)OCC)N=[N+]=[N-]. The van der Waals surface area contributed by atoms with Crippen molar-refractivity contribution < 1.29 is 14.3 Å². The number of esters is 1. The Labute approximate surface area is 157 Å². The number of hydrogen-bond donors (Lipinski definition) is 0. The van der Waals surface area contributed by atoms with Crippen molar-refractivity contribution in [1.29, 1.82) is 0 Å². The van der Waals surface area contributed by atoms with Crippen LogP contribution in [0.2, 0.25) is 0 Å². The summed E-state index contributed by atoms with van der Waals surface area (Å²) >= 11 is 0. The first-order chi connectivity index (χ1) is 12.6. The molecule has 0 heterocycles. The van der Waals surface area contributed by atoms with Crippen LogP contribution in [0.25, 0.3) is 10.4 Å². The molecule has 1 rings (SSSR count). The summed E-state index contributed by atoms with van der Waals surface area (Å²) < 4.78 is 5.03. The van der Waals surface area contributed by atoms with Crippen LogP contribution < -0.4 is 0 Å². The Morgan fingerprint density at radius 2 is 1.96 bits per heavy atom. The minimum atomic E-state index is -0.539. The van der Waals surface area contributed by atoms with E-state index in [0.717, 1.165) is 44.9 Å². The maximum absolute atomic E-state index is 12.2. The van der Waals surface area contributed by atoms with Gasteiger partial charge in [-0.2, -0.15) is 0 Å². The minimum Gasteiger partial charge on any atom is -0.466 e. The van der Waals surface area contributed by atoms with Gasteiger partial charge in [0.05, 0.1) is 12.1 Å². The first kappa shape index (κ1) is 22.5. The highest BCUT2D eigenvalue weighted by Crippen LogP contribution is 2.43. The number of unbranched alkanes of at least 4 members (excludes halogenated alkanes) is 3. The zero-order chi connectivity index (χ0) is 19.3. The fourth-order valence-electron chi connectivity index (χ4n) is 4.07. The van der Waals surface area contributed by atoms with Crippen LogP contribution in [0.1, 0.15) is 97.3 Å². The van der Waals surface area contributed by atoms with Crippen molar-refractivity contribution in [3.8, 4) is 0 Å². The van der Waals surface area contributed by atoms with Gasteiger partial charge in [-0.3, -0.25) is 9.59 Å². The first-order valence-electron chi connectivity index (χ1n) is 10.3. The topological polar surface area (TPSA) is 92.1 Å². The van der Waals surface area contributed by atoms with Crippen molar-refractivity contribution in [1.82, 2.24) is 0 Å². The van der Waals surface area contributed by atoms with E-state index < -0.39 is 5.54 Å². The molecule has 2 atom stereocenters. The number of carbonyl (C=O) groups is 2. The Morgan fingerprint density at radius 1 is 1.15 bits per heavy atom. The highest BCUT2D eigenvalue weighted by molar-refractivity contribution is 5.78. The molecule has 0 bridgehead atoms. The molecule has 0 spiro atoms. The molecule has 0 aromatic heterocycles. The average Bonchev–Trinajstić information content (AvgIpc) is 2.63. The molecule has 1 saturated carbocycles. The van der Waals surface area contributed by atoms with E-state index in [1.54, 1.807) is 6.92 Å². The van der Waals surface area contributed by atoms with Gasteiger partial charge in [-0.05, 0) is 50.5 Å². The largest absolute Gasteiger partial charge is 0.466 e. The maximum Gasteiger partial charge on any atom is 0.305 e. The fraction of sp³-hybridized carbons (Fsp3) is 0.900. The lowest BCUT2D eigenvalue weighted by Gasteiger charge is -2.41. The highest BCUT2D eigenvalue weighted by atomic mass is 16.5. The first-order valence-corrected chi connectivity index (χ1v) is 10.3. The molecule has 1 fully saturated rings. The molecule has 6 heteroatoms. The molecule has 0 radical (unpaired) electrons. The summed E-state index contributed by atoms with van der Waals surface area (Å²) in [4.78, 5) is 27.0. The minimum absolute atomic E-state index is 0.182. The van der Waals surface area contributed by atoms with Gasteiger partial charge in [0.25, 0.3) is 0 Å². The van der Waals surface area contributed by atoms with Gasteiger partial charge in [0.1, 0.15) is 5.78 Å². The van der Waals surface area contributed by atoms with Gasteiger partial charge in [-0.15, -0.1) is 0 Å². The lowest BCUT2D eigenvalue weighted by Crippen LogP contribution is -2.39. The number of hydrogen-bond acceptors (Lipinski definition) is 4. The van der Waals surface area contributed by atoms with E-state index in [-0.39, 0.29) is 18.3 Å². The number of carbonyl (C=O) groups excluding carboxylic acids is 2. The molecule has 0 amide bonds. The van der Waals surface area contributed by atoms with Gasteiger partial charge in [0, 0.05) is 24.2 Å². The van der Waals surface area contributed by atoms with E-state index in [1.807, 2.05) is 0 Å². The zero-order valence-corrected chi connectivity index (χ0v) is 16.5. The summed E-state index contributed by atoms with van der Waals surface area (Å²) in [5.74, 6) is 0.254. The molecule has 0 aromatic carbocycles. The smallest absolute Gasteiger partial charge is 0.305 e. The third kappa shape index (κ3) is 7.77. The number of azide groups is 1.